The van der Waals surface area contributed by atoms with Crippen molar-refractivity contribution in [1.29, 1.82) is 0 Å². The first-order valence-electron chi connectivity index (χ1n) is 7.60. The van der Waals surface area contributed by atoms with Crippen LogP contribution in [0.1, 0.15) is 24.8 Å². The highest BCUT2D eigenvalue weighted by molar-refractivity contribution is 5.93. The number of hydrogen-bond donors (Lipinski definition) is 2. The number of anilines is 2. The van der Waals surface area contributed by atoms with Crippen LogP contribution in [0.2, 0.25) is 0 Å². The smallest absolute Gasteiger partial charge is 0.227 e. The second kappa shape index (κ2) is 6.60. The first kappa shape index (κ1) is 14.6. The molecule has 0 aromatic heterocycles. The Balaban J connectivity index is 1.55. The van der Waals surface area contributed by atoms with E-state index < -0.39 is 0 Å². The number of carbonyl (C=O) groups is 1. The van der Waals surface area contributed by atoms with E-state index in [4.69, 9.17) is 0 Å². The Bertz CT molecular complexity index is 650. The van der Waals surface area contributed by atoms with Crippen LogP contribution in [0.4, 0.5) is 15.8 Å². The van der Waals surface area contributed by atoms with E-state index in [1.165, 1.54) is 6.07 Å². The van der Waals surface area contributed by atoms with Crippen molar-refractivity contribution in [3.63, 3.8) is 0 Å². The molecule has 0 radical (unpaired) electrons. The molecule has 1 fully saturated rings. The van der Waals surface area contributed by atoms with E-state index in [1.54, 1.807) is 12.1 Å². The van der Waals surface area contributed by atoms with Gasteiger partial charge in [-0.25, -0.2) is 4.39 Å². The number of carbonyl (C=O) groups excluding carboxylic acids is 1. The topological polar surface area (TPSA) is 41.1 Å². The molecule has 2 aromatic carbocycles. The van der Waals surface area contributed by atoms with E-state index in [2.05, 4.69) is 10.6 Å². The Morgan fingerprint density at radius 3 is 2.36 bits per heavy atom. The molecule has 114 valence electrons. The molecule has 2 aromatic rings. The summed E-state index contributed by atoms with van der Waals surface area (Å²) >= 11 is 0. The summed E-state index contributed by atoms with van der Waals surface area (Å²) in [7, 11) is 0. The van der Waals surface area contributed by atoms with E-state index >= 15 is 0 Å². The van der Waals surface area contributed by atoms with Gasteiger partial charge in [-0.1, -0.05) is 24.6 Å². The summed E-state index contributed by atoms with van der Waals surface area (Å²) in [6.07, 6.45) is 3.14. The summed E-state index contributed by atoms with van der Waals surface area (Å²) in [6, 6.07) is 14.2. The molecule has 0 unspecified atom stereocenters. The molecule has 0 bridgehead atoms. The zero-order chi connectivity index (χ0) is 15.4. The van der Waals surface area contributed by atoms with Gasteiger partial charge in [-0.2, -0.15) is 0 Å². The summed E-state index contributed by atoms with van der Waals surface area (Å²) in [4.78, 5) is 11.9. The number of benzene rings is 2. The second-order valence-corrected chi connectivity index (χ2v) is 5.64. The van der Waals surface area contributed by atoms with Gasteiger partial charge in [0, 0.05) is 29.4 Å². The third-order valence-corrected chi connectivity index (χ3v) is 4.07. The lowest BCUT2D eigenvalue weighted by molar-refractivity contribution is -0.122. The summed E-state index contributed by atoms with van der Waals surface area (Å²) in [6.45, 7) is 0.431. The van der Waals surface area contributed by atoms with Crippen LogP contribution >= 0.6 is 0 Å². The zero-order valence-corrected chi connectivity index (χ0v) is 12.3. The number of hydrogen-bond acceptors (Lipinski definition) is 2. The lowest BCUT2D eigenvalue weighted by Crippen LogP contribution is -2.27. The molecule has 0 aliphatic heterocycles. The lowest BCUT2D eigenvalue weighted by atomic mass is 9.85. The number of amides is 1. The summed E-state index contributed by atoms with van der Waals surface area (Å²) in [5.74, 6) is 0.0801. The van der Waals surface area contributed by atoms with Crippen molar-refractivity contribution in [3.05, 3.63) is 59.9 Å². The Labute approximate surface area is 129 Å². The Hall–Kier alpha value is -2.36. The van der Waals surface area contributed by atoms with Gasteiger partial charge in [0.05, 0.1) is 0 Å². The third kappa shape index (κ3) is 3.45. The van der Waals surface area contributed by atoms with Crippen LogP contribution in [0, 0.1) is 11.7 Å². The fourth-order valence-electron chi connectivity index (χ4n) is 2.43. The van der Waals surface area contributed by atoms with E-state index in [9.17, 15) is 9.18 Å². The van der Waals surface area contributed by atoms with Crippen molar-refractivity contribution < 1.29 is 9.18 Å². The quantitative estimate of drug-likeness (QED) is 0.869. The van der Waals surface area contributed by atoms with Crippen LogP contribution in [0.15, 0.2) is 48.5 Å². The van der Waals surface area contributed by atoms with Gasteiger partial charge in [0.15, 0.2) is 0 Å². The molecule has 0 heterocycles. The molecule has 2 N–H and O–H groups in total. The molecule has 0 spiro atoms. The maximum absolute atomic E-state index is 13.5. The molecule has 1 saturated carbocycles. The van der Waals surface area contributed by atoms with Crippen LogP contribution in [0.25, 0.3) is 0 Å². The fraction of sp³-hybridized carbons (Fsp3) is 0.278. The van der Waals surface area contributed by atoms with Crippen molar-refractivity contribution in [1.82, 2.24) is 0 Å². The van der Waals surface area contributed by atoms with Gasteiger partial charge in [-0.3, -0.25) is 4.79 Å². The standard InChI is InChI=1S/C18H19FN2O/c19-17-7-2-1-4-14(17)12-20-15-8-10-16(11-9-15)21-18(22)13-5-3-6-13/h1-2,4,7-11,13,20H,3,5-6,12H2,(H,21,22). The molecule has 0 atom stereocenters. The van der Waals surface area contributed by atoms with Crippen molar-refractivity contribution in [2.75, 3.05) is 10.6 Å². The van der Waals surface area contributed by atoms with Gasteiger partial charge in [0.25, 0.3) is 0 Å². The average molecular weight is 298 g/mol. The summed E-state index contributed by atoms with van der Waals surface area (Å²) < 4.78 is 13.5. The monoisotopic (exact) mass is 298 g/mol. The maximum Gasteiger partial charge on any atom is 0.227 e. The van der Waals surface area contributed by atoms with E-state index in [0.717, 1.165) is 30.6 Å². The highest BCUT2D eigenvalue weighted by Crippen LogP contribution is 2.27. The van der Waals surface area contributed by atoms with Crippen LogP contribution in [-0.4, -0.2) is 5.91 Å². The molecule has 4 heteroatoms. The van der Waals surface area contributed by atoms with Gasteiger partial charge in [0.2, 0.25) is 5.91 Å². The molecular weight excluding hydrogens is 279 g/mol. The highest BCUT2D eigenvalue weighted by atomic mass is 19.1. The second-order valence-electron chi connectivity index (χ2n) is 5.64. The molecule has 1 amide bonds. The fourth-order valence-corrected chi connectivity index (χ4v) is 2.43. The Kier molecular flexibility index (Phi) is 4.37. The third-order valence-electron chi connectivity index (χ3n) is 4.07. The van der Waals surface area contributed by atoms with Gasteiger partial charge in [0.1, 0.15) is 5.82 Å². The first-order chi connectivity index (χ1) is 10.7. The first-order valence-corrected chi connectivity index (χ1v) is 7.60. The number of halogens is 1. The maximum atomic E-state index is 13.5. The Morgan fingerprint density at radius 1 is 1.05 bits per heavy atom. The molecule has 1 aliphatic carbocycles. The largest absolute Gasteiger partial charge is 0.381 e. The minimum Gasteiger partial charge on any atom is -0.381 e. The van der Waals surface area contributed by atoms with Gasteiger partial charge in [-0.05, 0) is 43.2 Å². The summed E-state index contributed by atoms with van der Waals surface area (Å²) in [5, 5.41) is 6.10. The van der Waals surface area contributed by atoms with E-state index in [1.807, 2.05) is 30.3 Å². The zero-order valence-electron chi connectivity index (χ0n) is 12.3. The highest BCUT2D eigenvalue weighted by Gasteiger charge is 2.24. The Morgan fingerprint density at radius 2 is 1.73 bits per heavy atom. The van der Waals surface area contributed by atoms with Gasteiger partial charge in [-0.15, -0.1) is 0 Å². The van der Waals surface area contributed by atoms with Crippen molar-refractivity contribution in [2.24, 2.45) is 5.92 Å². The predicted octanol–water partition coefficient (Wildman–Crippen LogP) is 4.18. The average Bonchev–Trinajstić information content (AvgIpc) is 2.46. The SMILES string of the molecule is O=C(Nc1ccc(NCc2ccccc2F)cc1)C1CCC1. The molecular formula is C18H19FN2O. The normalized spacial score (nSPS) is 14.2. The van der Waals surface area contributed by atoms with Gasteiger partial charge < -0.3 is 10.6 Å². The van der Waals surface area contributed by atoms with E-state index in [-0.39, 0.29) is 17.6 Å². The predicted molar refractivity (Wildman–Crippen MR) is 86.1 cm³/mol. The number of rotatable bonds is 5. The molecule has 0 saturated heterocycles. The van der Waals surface area contributed by atoms with Crippen LogP contribution in [0.3, 0.4) is 0 Å². The van der Waals surface area contributed by atoms with Crippen LogP contribution < -0.4 is 10.6 Å². The lowest BCUT2D eigenvalue weighted by Gasteiger charge is -2.24. The minimum atomic E-state index is -0.209. The van der Waals surface area contributed by atoms with Crippen molar-refractivity contribution >= 4 is 17.3 Å². The molecule has 3 rings (SSSR count). The van der Waals surface area contributed by atoms with Crippen LogP contribution in [-0.2, 0) is 11.3 Å². The summed E-state index contributed by atoms with van der Waals surface area (Å²) in [5.41, 5.74) is 2.32. The van der Waals surface area contributed by atoms with E-state index in [0.29, 0.717) is 12.1 Å². The number of nitrogens with one attached hydrogen (secondary N) is 2. The van der Waals surface area contributed by atoms with Crippen molar-refractivity contribution in [3.8, 4) is 0 Å². The van der Waals surface area contributed by atoms with Crippen LogP contribution in [0.5, 0.6) is 0 Å². The molecule has 3 nitrogen and oxygen atoms in total. The van der Waals surface area contributed by atoms with Crippen molar-refractivity contribution in [2.45, 2.75) is 25.8 Å². The molecule has 1 aliphatic rings. The molecule has 22 heavy (non-hydrogen) atoms. The minimum absolute atomic E-state index is 0.110. The van der Waals surface area contributed by atoms with Gasteiger partial charge >= 0.3 is 0 Å².